The number of ether oxygens (including phenoxy) is 2. The number of aliphatic hydroxyl groups is 2. The van der Waals surface area contributed by atoms with Crippen molar-refractivity contribution in [2.45, 2.75) is 31.2 Å². The van der Waals surface area contributed by atoms with Crippen LogP contribution in [0.15, 0.2) is 24.5 Å². The second-order valence-corrected chi connectivity index (χ2v) is 5.68. The molecule has 3 N–H and O–H groups in total. The van der Waals surface area contributed by atoms with E-state index in [0.29, 0.717) is 23.3 Å². The second-order valence-electron chi connectivity index (χ2n) is 5.68. The minimum Gasteiger partial charge on any atom is -0.504 e. The number of fused-ring (bicyclic) bond motifs is 1. The predicted molar refractivity (Wildman–Crippen MR) is 77.3 cm³/mol. The van der Waals surface area contributed by atoms with E-state index in [9.17, 15) is 20.1 Å². The second kappa shape index (κ2) is 5.62. The van der Waals surface area contributed by atoms with Crippen LogP contribution in [0.2, 0.25) is 0 Å². The fourth-order valence-corrected chi connectivity index (χ4v) is 3.13. The molecule has 3 rings (SSSR count). The zero-order valence-corrected chi connectivity index (χ0v) is 12.1. The molecule has 6 heteroatoms. The predicted octanol–water partition coefficient (Wildman–Crippen LogP) is 0.841. The molecule has 0 spiro atoms. The molecule has 0 bridgehead atoms. The molecule has 6 nitrogen and oxygen atoms in total. The first-order chi connectivity index (χ1) is 10.5. The van der Waals surface area contributed by atoms with Crippen LogP contribution in [0.3, 0.4) is 0 Å². The molecule has 1 aromatic carbocycles. The number of phenolic OH excluding ortho intramolecular Hbond substituents is 1. The Balaban J connectivity index is 1.92. The van der Waals surface area contributed by atoms with E-state index in [4.69, 9.17) is 9.47 Å². The fraction of sp³-hybridized carbons (Fsp3) is 0.438. The van der Waals surface area contributed by atoms with Crippen LogP contribution in [0, 0.1) is 5.92 Å². The molecule has 1 heterocycles. The van der Waals surface area contributed by atoms with Crippen molar-refractivity contribution in [2.24, 2.45) is 5.92 Å². The fourth-order valence-electron chi connectivity index (χ4n) is 3.13. The summed E-state index contributed by atoms with van der Waals surface area (Å²) in [5.41, 5.74) is 0.801. The van der Waals surface area contributed by atoms with Gasteiger partial charge in [-0.25, -0.2) is 0 Å². The van der Waals surface area contributed by atoms with E-state index in [2.05, 4.69) is 0 Å². The lowest BCUT2D eigenvalue weighted by Gasteiger charge is -2.39. The number of benzene rings is 1. The Bertz CT molecular complexity index is 623. The topological polar surface area (TPSA) is 96.2 Å². The van der Waals surface area contributed by atoms with Crippen LogP contribution in [0.1, 0.15) is 18.4 Å². The van der Waals surface area contributed by atoms with Gasteiger partial charge >= 0.3 is 0 Å². The van der Waals surface area contributed by atoms with Crippen molar-refractivity contribution in [1.29, 1.82) is 0 Å². The zero-order chi connectivity index (χ0) is 15.9. The Labute approximate surface area is 127 Å². The largest absolute Gasteiger partial charge is 0.504 e. The van der Waals surface area contributed by atoms with Crippen LogP contribution in [0.4, 0.5) is 0 Å². The molecule has 1 aliphatic heterocycles. The number of phenols is 1. The zero-order valence-electron chi connectivity index (χ0n) is 12.1. The highest BCUT2D eigenvalue weighted by Crippen LogP contribution is 2.38. The summed E-state index contributed by atoms with van der Waals surface area (Å²) in [6, 6.07) is 4.64. The molecule has 118 valence electrons. The van der Waals surface area contributed by atoms with Gasteiger partial charge in [0.25, 0.3) is 0 Å². The third-order valence-corrected chi connectivity index (χ3v) is 4.25. The first-order valence-corrected chi connectivity index (χ1v) is 7.14. The number of carbonyl (C=O) groups is 1. The molecule has 1 fully saturated rings. The summed E-state index contributed by atoms with van der Waals surface area (Å²) in [5, 5.41) is 29.6. The molecular formula is C16H18O6. The molecule has 1 aromatic rings. The maximum atomic E-state index is 12.6. The molecule has 0 amide bonds. The van der Waals surface area contributed by atoms with Gasteiger partial charge in [-0.15, -0.1) is 0 Å². The highest BCUT2D eigenvalue weighted by atomic mass is 16.5. The minimum atomic E-state index is -0.934. The number of ketones is 1. The van der Waals surface area contributed by atoms with Gasteiger partial charge in [0.15, 0.2) is 17.3 Å². The molecule has 0 saturated heterocycles. The maximum absolute atomic E-state index is 12.6. The van der Waals surface area contributed by atoms with E-state index in [1.54, 1.807) is 12.1 Å². The van der Waals surface area contributed by atoms with E-state index < -0.39 is 24.2 Å². The monoisotopic (exact) mass is 306 g/mol. The number of Topliss-reactive ketones (excluding diaryl/α,β-unsaturated/α-hetero) is 1. The van der Waals surface area contributed by atoms with E-state index in [1.165, 1.54) is 19.4 Å². The van der Waals surface area contributed by atoms with Gasteiger partial charge in [0, 0.05) is 12.8 Å². The van der Waals surface area contributed by atoms with Gasteiger partial charge in [0.2, 0.25) is 0 Å². The van der Waals surface area contributed by atoms with Gasteiger partial charge in [-0.2, -0.15) is 0 Å². The number of carbonyl (C=O) groups excluding carboxylic acids is 1. The summed E-state index contributed by atoms with van der Waals surface area (Å²) in [4.78, 5) is 12.6. The van der Waals surface area contributed by atoms with Gasteiger partial charge in [-0.3, -0.25) is 4.79 Å². The van der Waals surface area contributed by atoms with Crippen molar-refractivity contribution in [3.8, 4) is 11.5 Å². The van der Waals surface area contributed by atoms with Crippen LogP contribution in [0.25, 0.3) is 5.57 Å². The summed E-state index contributed by atoms with van der Waals surface area (Å²) in [5.74, 6) is -0.685. The number of rotatable bonds is 2. The molecular weight excluding hydrogens is 288 g/mol. The van der Waals surface area contributed by atoms with Crippen LogP contribution < -0.4 is 4.74 Å². The van der Waals surface area contributed by atoms with Gasteiger partial charge in [0.05, 0.1) is 37.1 Å². The van der Waals surface area contributed by atoms with E-state index in [0.717, 1.165) is 0 Å². The van der Waals surface area contributed by atoms with Crippen molar-refractivity contribution >= 4 is 11.4 Å². The Morgan fingerprint density at radius 2 is 2.05 bits per heavy atom. The lowest BCUT2D eigenvalue weighted by atomic mass is 9.76. The molecule has 0 radical (unpaired) electrons. The summed E-state index contributed by atoms with van der Waals surface area (Å²) in [7, 11) is 1.44. The third kappa shape index (κ3) is 2.44. The lowest BCUT2D eigenvalue weighted by Crippen LogP contribution is -2.48. The van der Waals surface area contributed by atoms with Crippen LogP contribution in [-0.4, -0.2) is 46.5 Å². The number of allylic oxidation sites excluding steroid dienone is 1. The standard InChI is InChI=1S/C16H18O6/c1-21-13-3-2-8(4-11(13)18)10-7-22-14-6-9(17)5-12(19)15(14)16(10)20/h2-4,7,9,12,14-15,17-19H,5-6H2,1H3. The van der Waals surface area contributed by atoms with E-state index in [-0.39, 0.29) is 18.0 Å². The van der Waals surface area contributed by atoms with E-state index >= 15 is 0 Å². The summed E-state index contributed by atoms with van der Waals surface area (Å²) < 4.78 is 10.5. The van der Waals surface area contributed by atoms with Gasteiger partial charge in [0.1, 0.15) is 6.10 Å². The van der Waals surface area contributed by atoms with Gasteiger partial charge < -0.3 is 24.8 Å². The van der Waals surface area contributed by atoms with Crippen molar-refractivity contribution < 1.29 is 29.6 Å². The van der Waals surface area contributed by atoms with Crippen molar-refractivity contribution in [1.82, 2.24) is 0 Å². The van der Waals surface area contributed by atoms with Crippen LogP contribution in [0.5, 0.6) is 11.5 Å². The minimum absolute atomic E-state index is 0.0737. The molecule has 1 saturated carbocycles. The Kier molecular flexibility index (Phi) is 3.80. The molecule has 1 aliphatic carbocycles. The Hall–Kier alpha value is -2.05. The number of aromatic hydroxyl groups is 1. The first-order valence-electron chi connectivity index (χ1n) is 7.14. The lowest BCUT2D eigenvalue weighted by molar-refractivity contribution is -0.137. The van der Waals surface area contributed by atoms with Crippen molar-refractivity contribution in [3.63, 3.8) is 0 Å². The third-order valence-electron chi connectivity index (χ3n) is 4.25. The summed E-state index contributed by atoms with van der Waals surface area (Å²) in [6.45, 7) is 0. The van der Waals surface area contributed by atoms with Crippen molar-refractivity contribution in [3.05, 3.63) is 30.0 Å². The average Bonchev–Trinajstić information content (AvgIpc) is 2.46. The Morgan fingerprint density at radius 3 is 2.73 bits per heavy atom. The quantitative estimate of drug-likeness (QED) is 0.749. The molecule has 4 unspecified atom stereocenters. The number of hydrogen-bond donors (Lipinski definition) is 3. The van der Waals surface area contributed by atoms with Gasteiger partial charge in [-0.05, 0) is 17.7 Å². The average molecular weight is 306 g/mol. The normalized spacial score (nSPS) is 31.0. The Morgan fingerprint density at radius 1 is 1.27 bits per heavy atom. The number of methoxy groups -OCH3 is 1. The molecule has 2 aliphatic rings. The smallest absolute Gasteiger partial charge is 0.175 e. The molecule has 4 atom stereocenters. The van der Waals surface area contributed by atoms with E-state index in [1.807, 2.05) is 0 Å². The first kappa shape index (κ1) is 14.9. The highest BCUT2D eigenvalue weighted by Gasteiger charge is 2.45. The van der Waals surface area contributed by atoms with Crippen LogP contribution >= 0.6 is 0 Å². The van der Waals surface area contributed by atoms with Gasteiger partial charge in [-0.1, -0.05) is 6.07 Å². The highest BCUT2D eigenvalue weighted by molar-refractivity contribution is 6.22. The maximum Gasteiger partial charge on any atom is 0.175 e. The van der Waals surface area contributed by atoms with Crippen LogP contribution in [-0.2, 0) is 9.53 Å². The SMILES string of the molecule is COc1ccc(C2=COC3CC(O)CC(O)C3C2=O)cc1O. The number of aliphatic hydroxyl groups excluding tert-OH is 2. The molecule has 0 aromatic heterocycles. The number of hydrogen-bond acceptors (Lipinski definition) is 6. The summed E-state index contributed by atoms with van der Waals surface area (Å²) >= 11 is 0. The van der Waals surface area contributed by atoms with Crippen molar-refractivity contribution in [2.75, 3.05) is 7.11 Å². The molecule has 22 heavy (non-hydrogen) atoms. The summed E-state index contributed by atoms with van der Waals surface area (Å²) in [6.07, 6.45) is -0.277.